The maximum atomic E-state index is 13.9. The van der Waals surface area contributed by atoms with Crippen molar-refractivity contribution in [1.82, 2.24) is 4.98 Å². The minimum atomic E-state index is -0.759. The molecule has 30 heavy (non-hydrogen) atoms. The summed E-state index contributed by atoms with van der Waals surface area (Å²) < 4.78 is 19.5. The largest absolute Gasteiger partial charge is 0.447 e. The molecule has 2 amide bonds. The first-order valence-electron chi connectivity index (χ1n) is 8.64. The van der Waals surface area contributed by atoms with Gasteiger partial charge in [0, 0.05) is 11.2 Å². The summed E-state index contributed by atoms with van der Waals surface area (Å²) in [5.74, 6) is -2.23. The van der Waals surface area contributed by atoms with Crippen molar-refractivity contribution in [3.63, 3.8) is 0 Å². The first-order chi connectivity index (χ1) is 14.4. The summed E-state index contributed by atoms with van der Waals surface area (Å²) in [7, 11) is 0. The Balaban J connectivity index is 1.73. The highest BCUT2D eigenvalue weighted by molar-refractivity contribution is 6.36. The second-order valence-corrected chi connectivity index (χ2v) is 7.01. The van der Waals surface area contributed by atoms with Gasteiger partial charge in [-0.25, -0.2) is 4.39 Å². The fraction of sp³-hybridized carbons (Fsp3) is 0. The van der Waals surface area contributed by atoms with Gasteiger partial charge in [0.1, 0.15) is 17.0 Å². The number of nitrogens with zero attached hydrogens (tertiary/aromatic N) is 1. The molecule has 150 valence electrons. The van der Waals surface area contributed by atoms with Crippen LogP contribution in [0.25, 0.3) is 11.1 Å². The van der Waals surface area contributed by atoms with Crippen LogP contribution in [0.15, 0.2) is 65.2 Å². The smallest absolute Gasteiger partial charge is 0.293 e. The van der Waals surface area contributed by atoms with Crippen molar-refractivity contribution in [1.29, 1.82) is 0 Å². The lowest BCUT2D eigenvalue weighted by molar-refractivity contribution is 0.0999. The Morgan fingerprint density at radius 1 is 0.967 bits per heavy atom. The number of aromatic nitrogens is 1. The van der Waals surface area contributed by atoms with Crippen LogP contribution in [-0.2, 0) is 0 Å². The van der Waals surface area contributed by atoms with Gasteiger partial charge in [-0.3, -0.25) is 14.6 Å². The number of para-hydroxylation sites is 1. The number of halogens is 3. The molecule has 0 unspecified atom stereocenters. The monoisotopic (exact) mass is 443 g/mol. The number of anilines is 2. The summed E-state index contributed by atoms with van der Waals surface area (Å²) in [5.41, 5.74) is 0.618. The van der Waals surface area contributed by atoms with Crippen LogP contribution in [0, 0.1) is 5.82 Å². The first-order valence-corrected chi connectivity index (χ1v) is 9.39. The minimum Gasteiger partial charge on any atom is -0.447 e. The van der Waals surface area contributed by atoms with Gasteiger partial charge in [0.25, 0.3) is 11.8 Å². The van der Waals surface area contributed by atoms with Gasteiger partial charge in [0.2, 0.25) is 5.76 Å². The lowest BCUT2D eigenvalue weighted by Crippen LogP contribution is -2.18. The van der Waals surface area contributed by atoms with Gasteiger partial charge in [0.15, 0.2) is 5.58 Å². The third-order valence-corrected chi connectivity index (χ3v) is 4.75. The molecule has 0 aliphatic carbocycles. The standard InChI is InChI=1S/C21H12Cl2FN3O3/c22-11-7-8-13(23)12(10-11)20(28)27-18-17-16(6-3-9-25-17)30-19(18)21(29)26-15-5-2-1-4-14(15)24/h1-10H,(H,26,29)(H,27,28). The zero-order valence-electron chi connectivity index (χ0n) is 15.1. The highest BCUT2D eigenvalue weighted by Gasteiger charge is 2.25. The van der Waals surface area contributed by atoms with E-state index < -0.39 is 17.6 Å². The molecule has 2 aromatic carbocycles. The Kier molecular flexibility index (Phi) is 5.39. The molecule has 0 fully saturated rings. The van der Waals surface area contributed by atoms with Crippen LogP contribution in [0.3, 0.4) is 0 Å². The van der Waals surface area contributed by atoms with Crippen LogP contribution >= 0.6 is 23.2 Å². The fourth-order valence-corrected chi connectivity index (χ4v) is 3.17. The molecule has 0 atom stereocenters. The number of fused-ring (bicyclic) bond motifs is 1. The van der Waals surface area contributed by atoms with Gasteiger partial charge in [0.05, 0.1) is 16.3 Å². The molecule has 6 nitrogen and oxygen atoms in total. The number of pyridine rings is 1. The van der Waals surface area contributed by atoms with Crippen molar-refractivity contribution < 1.29 is 18.4 Å². The predicted molar refractivity (Wildman–Crippen MR) is 113 cm³/mol. The van der Waals surface area contributed by atoms with Crippen LogP contribution in [-0.4, -0.2) is 16.8 Å². The van der Waals surface area contributed by atoms with Crippen molar-refractivity contribution in [2.45, 2.75) is 0 Å². The highest BCUT2D eigenvalue weighted by atomic mass is 35.5. The molecule has 0 bridgehead atoms. The SMILES string of the molecule is O=C(Nc1c(C(=O)Nc2ccccc2F)oc2cccnc12)c1cc(Cl)ccc1Cl. The summed E-state index contributed by atoms with van der Waals surface area (Å²) in [6, 6.07) is 13.3. The Morgan fingerprint density at radius 3 is 2.57 bits per heavy atom. The highest BCUT2D eigenvalue weighted by Crippen LogP contribution is 2.31. The summed E-state index contributed by atoms with van der Waals surface area (Å²) in [6.45, 7) is 0. The Bertz CT molecular complexity index is 1290. The number of carbonyl (C=O) groups excluding carboxylic acids is 2. The third kappa shape index (κ3) is 3.85. The molecule has 0 saturated heterocycles. The number of rotatable bonds is 4. The molecule has 0 aliphatic heterocycles. The zero-order valence-corrected chi connectivity index (χ0v) is 16.6. The van der Waals surface area contributed by atoms with E-state index in [2.05, 4.69) is 15.6 Å². The van der Waals surface area contributed by atoms with E-state index in [0.717, 1.165) is 0 Å². The number of carbonyl (C=O) groups is 2. The van der Waals surface area contributed by atoms with Crippen LogP contribution < -0.4 is 10.6 Å². The molecule has 4 rings (SSSR count). The molecule has 0 radical (unpaired) electrons. The van der Waals surface area contributed by atoms with Crippen molar-refractivity contribution in [2.24, 2.45) is 0 Å². The molecular formula is C21H12Cl2FN3O3. The average molecular weight is 444 g/mol. The van der Waals surface area contributed by atoms with E-state index in [4.69, 9.17) is 27.6 Å². The van der Waals surface area contributed by atoms with Crippen molar-refractivity contribution in [2.75, 3.05) is 10.6 Å². The van der Waals surface area contributed by atoms with E-state index >= 15 is 0 Å². The zero-order chi connectivity index (χ0) is 21.3. The van der Waals surface area contributed by atoms with Gasteiger partial charge in [-0.1, -0.05) is 35.3 Å². The fourth-order valence-electron chi connectivity index (χ4n) is 2.80. The normalized spacial score (nSPS) is 10.8. The van der Waals surface area contributed by atoms with Gasteiger partial charge in [-0.15, -0.1) is 0 Å². The van der Waals surface area contributed by atoms with Crippen LogP contribution in [0.2, 0.25) is 10.0 Å². The quantitative estimate of drug-likeness (QED) is 0.418. The summed E-state index contributed by atoms with van der Waals surface area (Å²) in [5, 5.41) is 5.53. The van der Waals surface area contributed by atoms with E-state index in [0.29, 0.717) is 5.02 Å². The molecule has 2 heterocycles. The van der Waals surface area contributed by atoms with Crippen molar-refractivity contribution in [3.05, 3.63) is 88.0 Å². The molecule has 0 aliphatic rings. The van der Waals surface area contributed by atoms with Crippen LogP contribution in [0.4, 0.5) is 15.8 Å². The van der Waals surface area contributed by atoms with Gasteiger partial charge in [-0.05, 0) is 42.5 Å². The van der Waals surface area contributed by atoms with Crippen LogP contribution in [0.1, 0.15) is 20.9 Å². The minimum absolute atomic E-state index is 0.0282. The Morgan fingerprint density at radius 2 is 1.77 bits per heavy atom. The second-order valence-electron chi connectivity index (χ2n) is 6.17. The van der Waals surface area contributed by atoms with Gasteiger partial charge >= 0.3 is 0 Å². The van der Waals surface area contributed by atoms with E-state index in [1.165, 1.54) is 36.5 Å². The predicted octanol–water partition coefficient (Wildman–Crippen LogP) is 5.78. The molecule has 2 aromatic heterocycles. The molecule has 9 heteroatoms. The number of benzene rings is 2. The van der Waals surface area contributed by atoms with E-state index in [1.807, 2.05) is 0 Å². The Hall–Kier alpha value is -3.42. The van der Waals surface area contributed by atoms with E-state index in [1.54, 1.807) is 24.3 Å². The van der Waals surface area contributed by atoms with Gasteiger partial charge < -0.3 is 15.1 Å². The number of hydrogen-bond acceptors (Lipinski definition) is 4. The molecular weight excluding hydrogens is 432 g/mol. The van der Waals surface area contributed by atoms with Gasteiger partial charge in [-0.2, -0.15) is 0 Å². The summed E-state index contributed by atoms with van der Waals surface area (Å²) in [4.78, 5) is 29.8. The molecule has 2 N–H and O–H groups in total. The van der Waals surface area contributed by atoms with Crippen molar-refractivity contribution >= 4 is 57.5 Å². The number of hydrogen-bond donors (Lipinski definition) is 2. The molecule has 0 spiro atoms. The second kappa shape index (κ2) is 8.14. The number of amides is 2. The molecule has 4 aromatic rings. The summed E-state index contributed by atoms with van der Waals surface area (Å²) >= 11 is 12.1. The maximum Gasteiger partial charge on any atom is 0.293 e. The number of nitrogens with one attached hydrogen (secondary N) is 2. The lowest BCUT2D eigenvalue weighted by atomic mass is 10.2. The Labute approximate surface area is 179 Å². The maximum absolute atomic E-state index is 13.9. The van der Waals surface area contributed by atoms with E-state index in [-0.39, 0.29) is 38.8 Å². The first kappa shape index (κ1) is 19.9. The average Bonchev–Trinajstić information content (AvgIpc) is 3.10. The van der Waals surface area contributed by atoms with Crippen LogP contribution in [0.5, 0.6) is 0 Å². The molecule has 0 saturated carbocycles. The topological polar surface area (TPSA) is 84.2 Å². The lowest BCUT2D eigenvalue weighted by Gasteiger charge is -2.09. The third-order valence-electron chi connectivity index (χ3n) is 4.19. The number of furan rings is 1. The van der Waals surface area contributed by atoms with E-state index in [9.17, 15) is 14.0 Å². The van der Waals surface area contributed by atoms with Crippen molar-refractivity contribution in [3.8, 4) is 0 Å². The summed E-state index contributed by atoms with van der Waals surface area (Å²) in [6.07, 6.45) is 1.48.